The number of alkyl halides is 3. The van der Waals surface area contributed by atoms with Crippen molar-refractivity contribution in [1.29, 1.82) is 0 Å². The third-order valence-corrected chi connectivity index (χ3v) is 4.97. The predicted octanol–water partition coefficient (Wildman–Crippen LogP) is 2.66. The zero-order chi connectivity index (χ0) is 21.7. The number of hydrogen-bond donors (Lipinski definition) is 3. The van der Waals surface area contributed by atoms with Crippen LogP contribution < -0.4 is 20.1 Å². The molecule has 0 spiro atoms. The fourth-order valence-corrected chi connectivity index (χ4v) is 3.52. The molecule has 0 aliphatic carbocycles. The van der Waals surface area contributed by atoms with E-state index in [0.717, 1.165) is 24.3 Å². The Labute approximate surface area is 166 Å². The van der Waals surface area contributed by atoms with Crippen molar-refractivity contribution in [3.05, 3.63) is 59.4 Å². The van der Waals surface area contributed by atoms with Crippen molar-refractivity contribution >= 4 is 11.8 Å². The topological polar surface area (TPSA) is 96.9 Å². The smallest absolute Gasteiger partial charge is 0.437 e. The zero-order valence-electron chi connectivity index (χ0n) is 15.0. The van der Waals surface area contributed by atoms with Gasteiger partial charge >= 0.3 is 12.2 Å². The maximum atomic E-state index is 13.8. The lowest BCUT2D eigenvalue weighted by molar-refractivity contribution is -0.287. The van der Waals surface area contributed by atoms with E-state index in [1.54, 1.807) is 0 Å². The highest BCUT2D eigenvalue weighted by molar-refractivity contribution is 6.00. The lowest BCUT2D eigenvalue weighted by Crippen LogP contribution is -2.72. The van der Waals surface area contributed by atoms with Gasteiger partial charge in [0.1, 0.15) is 11.7 Å². The molecule has 0 bridgehead atoms. The van der Waals surface area contributed by atoms with E-state index in [2.05, 4.69) is 5.32 Å². The number of ketones is 1. The Kier molecular flexibility index (Phi) is 4.57. The van der Waals surface area contributed by atoms with Gasteiger partial charge in [-0.15, -0.1) is 0 Å². The number of carbonyl (C=O) groups is 2. The van der Waals surface area contributed by atoms with Crippen molar-refractivity contribution in [3.8, 4) is 11.5 Å². The molecule has 0 aromatic heterocycles. The Morgan fingerprint density at radius 1 is 1.10 bits per heavy atom. The molecule has 2 aliphatic heterocycles. The SMILES string of the molecule is O=C1N[C@@H](c2ccc3c(c2)OCO3)[C@@H](C(=O)c2ccc(F)cc2)[C@@](O)(C(F)(F)F)N1. The monoisotopic (exact) mass is 426 g/mol. The largest absolute Gasteiger partial charge is 0.454 e. The number of amides is 2. The average Bonchev–Trinajstić information content (AvgIpc) is 3.14. The Balaban J connectivity index is 1.84. The fraction of sp³-hybridized carbons (Fsp3) is 0.263. The molecule has 2 aromatic rings. The Morgan fingerprint density at radius 3 is 2.43 bits per heavy atom. The van der Waals surface area contributed by atoms with Crippen molar-refractivity contribution in [2.75, 3.05) is 6.79 Å². The molecule has 3 N–H and O–H groups in total. The maximum Gasteiger partial charge on any atom is 0.437 e. The van der Waals surface area contributed by atoms with E-state index in [4.69, 9.17) is 9.47 Å². The Morgan fingerprint density at radius 2 is 1.77 bits per heavy atom. The first kappa shape index (κ1) is 20.0. The van der Waals surface area contributed by atoms with Crippen molar-refractivity contribution in [3.63, 3.8) is 0 Å². The first-order valence-corrected chi connectivity index (χ1v) is 8.67. The molecule has 1 saturated heterocycles. The lowest BCUT2D eigenvalue weighted by atomic mass is 9.77. The van der Waals surface area contributed by atoms with Crippen LogP contribution in [0.25, 0.3) is 0 Å². The van der Waals surface area contributed by atoms with Crippen LogP contribution in [0, 0.1) is 11.7 Å². The predicted molar refractivity (Wildman–Crippen MR) is 92.2 cm³/mol. The summed E-state index contributed by atoms with van der Waals surface area (Å²) in [5.74, 6) is -3.51. The van der Waals surface area contributed by atoms with Crippen LogP contribution in [0.4, 0.5) is 22.4 Å². The van der Waals surface area contributed by atoms with E-state index in [1.807, 2.05) is 0 Å². The van der Waals surface area contributed by atoms with Crippen LogP contribution in [0.15, 0.2) is 42.5 Å². The number of rotatable bonds is 3. The highest BCUT2D eigenvalue weighted by Gasteiger charge is 2.66. The van der Waals surface area contributed by atoms with Crippen LogP contribution in [0.2, 0.25) is 0 Å². The van der Waals surface area contributed by atoms with Crippen LogP contribution in [0.1, 0.15) is 22.0 Å². The fourth-order valence-electron chi connectivity index (χ4n) is 3.52. The summed E-state index contributed by atoms with van der Waals surface area (Å²) in [4.78, 5) is 25.1. The average molecular weight is 426 g/mol. The molecule has 3 atom stereocenters. The van der Waals surface area contributed by atoms with Crippen LogP contribution in [0.3, 0.4) is 0 Å². The number of aliphatic hydroxyl groups is 1. The van der Waals surface area contributed by atoms with Gasteiger partial charge in [-0.1, -0.05) is 6.07 Å². The standard InChI is InChI=1S/C19H14F4N2O5/c20-11-4-1-9(2-5-11)16(26)14-15(10-3-6-12-13(7-10)30-8-29-12)24-17(27)25-18(14,28)19(21,22)23/h1-7,14-15,28H,8H2,(H2,24,25,27)/t14-,15-,18+/m0/s1. The number of benzene rings is 2. The normalized spacial score (nSPS) is 25.4. The summed E-state index contributed by atoms with van der Waals surface area (Å²) in [6.45, 7) is -0.0954. The molecule has 2 heterocycles. The minimum atomic E-state index is -5.39. The first-order chi connectivity index (χ1) is 14.1. The van der Waals surface area contributed by atoms with Gasteiger partial charge in [-0.05, 0) is 42.0 Å². The van der Waals surface area contributed by atoms with Crippen molar-refractivity contribution < 1.29 is 41.7 Å². The Hall–Kier alpha value is -3.34. The van der Waals surface area contributed by atoms with E-state index in [1.165, 1.54) is 23.5 Å². The molecule has 1 fully saturated rings. The quantitative estimate of drug-likeness (QED) is 0.518. The molecule has 2 aliphatic rings. The minimum absolute atomic E-state index is 0.0808. The van der Waals surface area contributed by atoms with Gasteiger partial charge in [0, 0.05) is 5.56 Å². The summed E-state index contributed by atoms with van der Waals surface area (Å²) in [5, 5.41) is 14.2. The molecular weight excluding hydrogens is 412 g/mol. The molecule has 2 amide bonds. The number of halogens is 4. The summed E-state index contributed by atoms with van der Waals surface area (Å²) < 4.78 is 65.1. The molecule has 2 aromatic carbocycles. The van der Waals surface area contributed by atoms with E-state index in [-0.39, 0.29) is 23.7 Å². The molecule has 158 valence electrons. The second kappa shape index (κ2) is 6.87. The molecule has 0 saturated carbocycles. The highest BCUT2D eigenvalue weighted by Crippen LogP contribution is 2.45. The number of urea groups is 1. The Bertz CT molecular complexity index is 1010. The number of Topliss-reactive ketones (excluding diaryl/α,β-unsaturated/α-hetero) is 1. The van der Waals surface area contributed by atoms with Gasteiger partial charge in [0.2, 0.25) is 12.5 Å². The summed E-state index contributed by atoms with van der Waals surface area (Å²) in [6.07, 6.45) is -5.39. The van der Waals surface area contributed by atoms with Crippen molar-refractivity contribution in [1.82, 2.24) is 10.6 Å². The molecule has 0 radical (unpaired) electrons. The van der Waals surface area contributed by atoms with Crippen molar-refractivity contribution in [2.24, 2.45) is 5.92 Å². The molecule has 7 nitrogen and oxygen atoms in total. The molecule has 30 heavy (non-hydrogen) atoms. The number of fused-ring (bicyclic) bond motifs is 1. The van der Waals surface area contributed by atoms with Gasteiger partial charge in [-0.2, -0.15) is 13.2 Å². The number of carbonyl (C=O) groups excluding carboxylic acids is 2. The van der Waals surface area contributed by atoms with Crippen LogP contribution in [-0.4, -0.2) is 35.6 Å². The van der Waals surface area contributed by atoms with Crippen LogP contribution in [-0.2, 0) is 0 Å². The highest BCUT2D eigenvalue weighted by atomic mass is 19.4. The molecular formula is C19H14F4N2O5. The third kappa shape index (κ3) is 3.20. The van der Waals surface area contributed by atoms with Gasteiger partial charge in [0.25, 0.3) is 0 Å². The van der Waals surface area contributed by atoms with Gasteiger partial charge in [-0.3, -0.25) is 4.79 Å². The number of hydrogen-bond acceptors (Lipinski definition) is 5. The summed E-state index contributed by atoms with van der Waals surface area (Å²) in [5.41, 5.74) is -4.06. The minimum Gasteiger partial charge on any atom is -0.454 e. The molecule has 11 heteroatoms. The molecule has 0 unspecified atom stereocenters. The van der Waals surface area contributed by atoms with Crippen LogP contribution >= 0.6 is 0 Å². The van der Waals surface area contributed by atoms with Gasteiger partial charge in [0.05, 0.1) is 6.04 Å². The van der Waals surface area contributed by atoms with Gasteiger partial charge < -0.3 is 25.2 Å². The summed E-state index contributed by atoms with van der Waals surface area (Å²) in [7, 11) is 0. The van der Waals surface area contributed by atoms with Crippen LogP contribution in [0.5, 0.6) is 11.5 Å². The maximum absolute atomic E-state index is 13.8. The number of nitrogens with one attached hydrogen (secondary N) is 2. The summed E-state index contributed by atoms with van der Waals surface area (Å²) in [6, 6.07) is 5.01. The second-order valence-electron chi connectivity index (χ2n) is 6.80. The van der Waals surface area contributed by atoms with E-state index >= 15 is 0 Å². The number of ether oxygens (including phenoxy) is 2. The first-order valence-electron chi connectivity index (χ1n) is 8.67. The van der Waals surface area contributed by atoms with Crippen molar-refractivity contribution in [2.45, 2.75) is 17.9 Å². The lowest BCUT2D eigenvalue weighted by Gasteiger charge is -2.45. The zero-order valence-corrected chi connectivity index (χ0v) is 15.0. The third-order valence-electron chi connectivity index (χ3n) is 4.97. The summed E-state index contributed by atoms with van der Waals surface area (Å²) >= 11 is 0. The van der Waals surface area contributed by atoms with E-state index < -0.39 is 41.5 Å². The van der Waals surface area contributed by atoms with E-state index in [0.29, 0.717) is 5.75 Å². The molecule has 4 rings (SSSR count). The van der Waals surface area contributed by atoms with E-state index in [9.17, 15) is 32.3 Å². The second-order valence-corrected chi connectivity index (χ2v) is 6.80. The van der Waals surface area contributed by atoms with Gasteiger partial charge in [-0.25, -0.2) is 9.18 Å². The van der Waals surface area contributed by atoms with Gasteiger partial charge in [0.15, 0.2) is 17.3 Å².